The third-order valence-electron chi connectivity index (χ3n) is 4.80. The van der Waals surface area contributed by atoms with Gasteiger partial charge in [-0.15, -0.1) is 0 Å². The molecule has 5 heteroatoms. The van der Waals surface area contributed by atoms with Crippen molar-refractivity contribution in [2.75, 3.05) is 13.1 Å². The number of hydrogen-bond donors (Lipinski definition) is 2. The maximum atomic E-state index is 12.1. The van der Waals surface area contributed by atoms with E-state index in [4.69, 9.17) is 0 Å². The predicted molar refractivity (Wildman–Crippen MR) is 88.7 cm³/mol. The minimum absolute atomic E-state index is 0.0637. The van der Waals surface area contributed by atoms with Crippen LogP contribution in [0.5, 0.6) is 0 Å². The van der Waals surface area contributed by atoms with E-state index in [2.05, 4.69) is 22.8 Å². The first kappa shape index (κ1) is 15.8. The van der Waals surface area contributed by atoms with Gasteiger partial charge in [-0.3, -0.25) is 4.79 Å². The van der Waals surface area contributed by atoms with Crippen molar-refractivity contribution in [2.45, 2.75) is 45.2 Å². The second-order valence-corrected chi connectivity index (χ2v) is 6.56. The topological polar surface area (TPSA) is 61.4 Å². The summed E-state index contributed by atoms with van der Waals surface area (Å²) in [6.45, 7) is 2.30. The highest BCUT2D eigenvalue weighted by Crippen LogP contribution is 2.27. The van der Waals surface area contributed by atoms with Gasteiger partial charge in [-0.1, -0.05) is 37.1 Å². The van der Waals surface area contributed by atoms with Crippen LogP contribution in [0.1, 0.15) is 43.2 Å². The fourth-order valence-electron chi connectivity index (χ4n) is 3.51. The summed E-state index contributed by atoms with van der Waals surface area (Å²) in [5, 5.41) is 5.78. The number of nitrogens with zero attached hydrogens (tertiary/aromatic N) is 1. The molecule has 3 amide bonds. The summed E-state index contributed by atoms with van der Waals surface area (Å²) < 4.78 is 0. The Kier molecular flexibility index (Phi) is 5.16. The summed E-state index contributed by atoms with van der Waals surface area (Å²) >= 11 is 0. The van der Waals surface area contributed by atoms with Gasteiger partial charge in [0.15, 0.2) is 0 Å². The van der Waals surface area contributed by atoms with Crippen LogP contribution in [0.4, 0.5) is 4.79 Å². The highest BCUT2D eigenvalue weighted by molar-refractivity contribution is 5.77. The van der Waals surface area contributed by atoms with Crippen molar-refractivity contribution in [1.29, 1.82) is 0 Å². The van der Waals surface area contributed by atoms with Crippen LogP contribution in [-0.2, 0) is 17.9 Å². The second-order valence-electron chi connectivity index (χ2n) is 6.56. The van der Waals surface area contributed by atoms with Crippen LogP contribution < -0.4 is 10.6 Å². The molecule has 1 aromatic rings. The van der Waals surface area contributed by atoms with E-state index in [9.17, 15) is 9.59 Å². The van der Waals surface area contributed by atoms with Crippen molar-refractivity contribution in [3.8, 4) is 0 Å². The number of rotatable bonds is 5. The number of fused-ring (bicyclic) bond motifs is 1. The molecule has 23 heavy (non-hydrogen) atoms. The van der Waals surface area contributed by atoms with Gasteiger partial charge in [0.05, 0.1) is 0 Å². The third kappa shape index (κ3) is 4.24. The quantitative estimate of drug-likeness (QED) is 0.820. The minimum atomic E-state index is -0.0637. The Morgan fingerprint density at radius 2 is 1.61 bits per heavy atom. The van der Waals surface area contributed by atoms with Gasteiger partial charge < -0.3 is 15.5 Å². The van der Waals surface area contributed by atoms with Crippen molar-refractivity contribution in [2.24, 2.45) is 5.92 Å². The molecule has 0 bridgehead atoms. The zero-order valence-electron chi connectivity index (χ0n) is 13.5. The largest absolute Gasteiger partial charge is 0.354 e. The van der Waals surface area contributed by atoms with Crippen LogP contribution in [-0.4, -0.2) is 29.9 Å². The molecule has 0 unspecified atom stereocenters. The highest BCUT2D eigenvalue weighted by atomic mass is 16.2. The molecule has 3 rings (SSSR count). The van der Waals surface area contributed by atoms with E-state index in [1.54, 1.807) is 4.90 Å². The maximum Gasteiger partial charge on any atom is 0.318 e. The van der Waals surface area contributed by atoms with Gasteiger partial charge in [0.1, 0.15) is 0 Å². The van der Waals surface area contributed by atoms with Gasteiger partial charge in [-0.2, -0.15) is 0 Å². The Morgan fingerprint density at radius 1 is 1.00 bits per heavy atom. The molecule has 1 heterocycles. The number of carbonyl (C=O) groups excluding carboxylic acids is 2. The standard InChI is InChI=1S/C18H25N3O2/c22-17(11-14-5-1-2-6-14)19-9-10-20-18(23)21-12-15-7-3-4-8-16(15)13-21/h3-4,7-8,14H,1-2,5-6,9-13H2,(H,19,22)(H,20,23). The zero-order chi connectivity index (χ0) is 16.1. The summed E-state index contributed by atoms with van der Waals surface area (Å²) in [6.07, 6.45) is 5.51. The van der Waals surface area contributed by atoms with Gasteiger partial charge in [0.2, 0.25) is 5.91 Å². The number of amides is 3. The Bertz CT molecular complexity index is 542. The predicted octanol–water partition coefficient (Wildman–Crippen LogP) is 2.41. The van der Waals surface area contributed by atoms with Crippen molar-refractivity contribution in [3.05, 3.63) is 35.4 Å². The fourth-order valence-corrected chi connectivity index (χ4v) is 3.51. The summed E-state index contributed by atoms with van der Waals surface area (Å²) in [4.78, 5) is 25.8. The third-order valence-corrected chi connectivity index (χ3v) is 4.80. The molecular weight excluding hydrogens is 290 g/mol. The van der Waals surface area contributed by atoms with E-state index < -0.39 is 0 Å². The fraction of sp³-hybridized carbons (Fsp3) is 0.556. The van der Waals surface area contributed by atoms with Crippen molar-refractivity contribution < 1.29 is 9.59 Å². The van der Waals surface area contributed by atoms with Gasteiger partial charge >= 0.3 is 6.03 Å². The molecule has 5 nitrogen and oxygen atoms in total. The normalized spacial score (nSPS) is 17.1. The molecular formula is C18H25N3O2. The Balaban J connectivity index is 1.32. The average molecular weight is 315 g/mol. The lowest BCUT2D eigenvalue weighted by Crippen LogP contribution is -2.40. The lowest BCUT2D eigenvalue weighted by atomic mass is 10.0. The van der Waals surface area contributed by atoms with E-state index >= 15 is 0 Å². The van der Waals surface area contributed by atoms with Crippen LogP contribution in [0.3, 0.4) is 0 Å². The molecule has 0 saturated heterocycles. The van der Waals surface area contributed by atoms with Crippen LogP contribution in [0.25, 0.3) is 0 Å². The molecule has 1 saturated carbocycles. The molecule has 2 N–H and O–H groups in total. The van der Waals surface area contributed by atoms with Crippen LogP contribution in [0, 0.1) is 5.92 Å². The lowest BCUT2D eigenvalue weighted by Gasteiger charge is -2.16. The number of benzene rings is 1. The molecule has 2 aliphatic rings. The van der Waals surface area contributed by atoms with Gasteiger partial charge in [0.25, 0.3) is 0 Å². The Labute approximate surface area is 137 Å². The maximum absolute atomic E-state index is 12.1. The SMILES string of the molecule is O=C(CC1CCCC1)NCCNC(=O)N1Cc2ccccc2C1. The first-order chi connectivity index (χ1) is 11.2. The molecule has 124 valence electrons. The Hall–Kier alpha value is -2.04. The smallest absolute Gasteiger partial charge is 0.318 e. The summed E-state index contributed by atoms with van der Waals surface area (Å²) in [6, 6.07) is 8.06. The van der Waals surface area contributed by atoms with E-state index in [-0.39, 0.29) is 11.9 Å². The molecule has 0 aromatic heterocycles. The summed E-state index contributed by atoms with van der Waals surface area (Å²) in [5.41, 5.74) is 2.43. The van der Waals surface area contributed by atoms with E-state index in [0.717, 1.165) is 0 Å². The number of nitrogens with one attached hydrogen (secondary N) is 2. The first-order valence-electron chi connectivity index (χ1n) is 8.58. The van der Waals surface area contributed by atoms with Gasteiger partial charge in [0, 0.05) is 32.6 Å². The monoisotopic (exact) mass is 315 g/mol. The molecule has 1 aliphatic heterocycles. The minimum Gasteiger partial charge on any atom is -0.354 e. The van der Waals surface area contributed by atoms with Crippen molar-refractivity contribution in [1.82, 2.24) is 15.5 Å². The average Bonchev–Trinajstić information content (AvgIpc) is 3.20. The van der Waals surface area contributed by atoms with Crippen LogP contribution >= 0.6 is 0 Å². The lowest BCUT2D eigenvalue weighted by molar-refractivity contribution is -0.121. The molecule has 1 aliphatic carbocycles. The van der Waals surface area contributed by atoms with E-state index in [1.807, 2.05) is 12.1 Å². The summed E-state index contributed by atoms with van der Waals surface area (Å²) in [5.74, 6) is 0.674. The van der Waals surface area contributed by atoms with Crippen LogP contribution in [0.15, 0.2) is 24.3 Å². The zero-order valence-corrected chi connectivity index (χ0v) is 13.5. The molecule has 0 spiro atoms. The molecule has 0 atom stereocenters. The number of hydrogen-bond acceptors (Lipinski definition) is 2. The van der Waals surface area contributed by atoms with Gasteiger partial charge in [-0.05, 0) is 29.9 Å². The van der Waals surface area contributed by atoms with Gasteiger partial charge in [-0.25, -0.2) is 4.79 Å². The Morgan fingerprint density at radius 3 is 2.26 bits per heavy atom. The second kappa shape index (κ2) is 7.49. The van der Waals surface area contributed by atoms with Crippen LogP contribution in [0.2, 0.25) is 0 Å². The number of carbonyl (C=O) groups is 2. The molecule has 0 radical (unpaired) electrons. The van der Waals surface area contributed by atoms with E-state index in [1.165, 1.54) is 36.8 Å². The highest BCUT2D eigenvalue weighted by Gasteiger charge is 2.22. The first-order valence-corrected chi connectivity index (χ1v) is 8.58. The van der Waals surface area contributed by atoms with Crippen molar-refractivity contribution in [3.63, 3.8) is 0 Å². The summed E-state index contributed by atoms with van der Waals surface area (Å²) in [7, 11) is 0. The van der Waals surface area contributed by atoms with E-state index in [0.29, 0.717) is 38.5 Å². The van der Waals surface area contributed by atoms with Crippen molar-refractivity contribution >= 4 is 11.9 Å². The number of urea groups is 1. The molecule has 1 aromatic carbocycles. The molecule has 1 fully saturated rings.